The van der Waals surface area contributed by atoms with E-state index in [0.29, 0.717) is 0 Å². The van der Waals surface area contributed by atoms with E-state index >= 15 is 0 Å². The summed E-state index contributed by atoms with van der Waals surface area (Å²) in [7, 11) is 0. The molecule has 0 bridgehead atoms. The van der Waals surface area contributed by atoms with Gasteiger partial charge in [-0.2, -0.15) is 0 Å². The van der Waals surface area contributed by atoms with E-state index in [9.17, 15) is 0 Å². The number of hydrogen-bond acceptors (Lipinski definition) is 1. The highest BCUT2D eigenvalue weighted by Crippen LogP contribution is 2.30. The first kappa shape index (κ1) is 12.2. The summed E-state index contributed by atoms with van der Waals surface area (Å²) in [5.74, 6) is 0. The molecule has 2 aromatic heterocycles. The van der Waals surface area contributed by atoms with Gasteiger partial charge in [0.05, 0.1) is 5.69 Å². The molecule has 0 N–H and O–H groups in total. The number of imidazole rings is 1. The fourth-order valence-electron chi connectivity index (χ4n) is 3.02. The van der Waals surface area contributed by atoms with Crippen LogP contribution in [0.3, 0.4) is 0 Å². The Morgan fingerprint density at radius 1 is 0.857 bits per heavy atom. The average Bonchev–Trinajstić information content (AvgIpc) is 2.91. The van der Waals surface area contributed by atoms with Crippen LogP contribution in [0, 0.1) is 13.8 Å². The number of aromatic nitrogens is 2. The Hall–Kier alpha value is -2.61. The van der Waals surface area contributed by atoms with Crippen LogP contribution in [0.25, 0.3) is 27.7 Å². The quantitative estimate of drug-likeness (QED) is 0.488. The molecule has 0 aliphatic carbocycles. The van der Waals surface area contributed by atoms with Crippen molar-refractivity contribution in [1.29, 1.82) is 0 Å². The number of benzene rings is 2. The van der Waals surface area contributed by atoms with Crippen LogP contribution in [0.2, 0.25) is 0 Å². The normalized spacial score (nSPS) is 11.3. The van der Waals surface area contributed by atoms with Crippen molar-refractivity contribution in [3.63, 3.8) is 0 Å². The molecule has 2 heteroatoms. The lowest BCUT2D eigenvalue weighted by molar-refractivity contribution is 1.13. The number of fused-ring (bicyclic) bond motifs is 3. The Morgan fingerprint density at radius 2 is 1.67 bits per heavy atom. The zero-order valence-corrected chi connectivity index (χ0v) is 12.2. The number of nitrogens with zero attached hydrogens (tertiary/aromatic N) is 2. The van der Waals surface area contributed by atoms with E-state index in [-0.39, 0.29) is 0 Å². The predicted octanol–water partition coefficient (Wildman–Crippen LogP) is 4.77. The Morgan fingerprint density at radius 3 is 2.48 bits per heavy atom. The summed E-state index contributed by atoms with van der Waals surface area (Å²) in [6.45, 7) is 4.26. The molecule has 4 rings (SSSR count). The fourth-order valence-corrected chi connectivity index (χ4v) is 3.02. The molecule has 2 nitrogen and oxygen atoms in total. The van der Waals surface area contributed by atoms with Gasteiger partial charge in [0.2, 0.25) is 0 Å². The highest BCUT2D eigenvalue weighted by atomic mass is 15.0. The van der Waals surface area contributed by atoms with Gasteiger partial charge in [-0.3, -0.25) is 4.40 Å². The molecular weight excluding hydrogens is 256 g/mol. The number of hydrogen-bond donors (Lipinski definition) is 0. The van der Waals surface area contributed by atoms with Gasteiger partial charge in [-0.1, -0.05) is 48.5 Å². The Bertz CT molecular complexity index is 950. The Kier molecular flexibility index (Phi) is 2.58. The van der Waals surface area contributed by atoms with Crippen LogP contribution in [0.15, 0.2) is 60.8 Å². The van der Waals surface area contributed by atoms with Crippen LogP contribution in [0.5, 0.6) is 0 Å². The second-order valence-corrected chi connectivity index (χ2v) is 5.49. The van der Waals surface area contributed by atoms with E-state index < -0.39 is 0 Å². The lowest BCUT2D eigenvalue weighted by Crippen LogP contribution is -1.96. The van der Waals surface area contributed by atoms with Crippen LogP contribution < -0.4 is 0 Å². The molecule has 0 fully saturated rings. The van der Waals surface area contributed by atoms with Crippen molar-refractivity contribution in [2.75, 3.05) is 0 Å². The van der Waals surface area contributed by atoms with Gasteiger partial charge < -0.3 is 0 Å². The van der Waals surface area contributed by atoms with E-state index in [1.165, 1.54) is 27.6 Å². The third kappa shape index (κ3) is 1.76. The summed E-state index contributed by atoms with van der Waals surface area (Å²) in [5.41, 5.74) is 5.89. The first-order valence-electron chi connectivity index (χ1n) is 7.17. The van der Waals surface area contributed by atoms with Crippen LogP contribution in [0.4, 0.5) is 0 Å². The van der Waals surface area contributed by atoms with Crippen LogP contribution in [-0.4, -0.2) is 9.38 Å². The van der Waals surface area contributed by atoms with Crippen molar-refractivity contribution in [3.05, 3.63) is 72.1 Å². The zero-order chi connectivity index (χ0) is 14.4. The highest BCUT2D eigenvalue weighted by molar-refractivity contribution is 5.98. The van der Waals surface area contributed by atoms with Gasteiger partial charge in [0, 0.05) is 17.3 Å². The molecule has 0 aliphatic heterocycles. The van der Waals surface area contributed by atoms with E-state index in [1.807, 2.05) is 12.3 Å². The van der Waals surface area contributed by atoms with Crippen LogP contribution >= 0.6 is 0 Å². The highest BCUT2D eigenvalue weighted by Gasteiger charge is 2.12. The Balaban J connectivity index is 2.23. The first-order valence-corrected chi connectivity index (χ1v) is 7.17. The van der Waals surface area contributed by atoms with Crippen LogP contribution in [0.1, 0.15) is 11.3 Å². The van der Waals surface area contributed by atoms with Crippen molar-refractivity contribution >= 4 is 16.4 Å². The molecule has 2 aromatic carbocycles. The first-order chi connectivity index (χ1) is 10.3. The van der Waals surface area contributed by atoms with Gasteiger partial charge in [-0.25, -0.2) is 4.98 Å². The summed E-state index contributed by atoms with van der Waals surface area (Å²) in [6.07, 6.45) is 1.95. The summed E-state index contributed by atoms with van der Waals surface area (Å²) in [4.78, 5) is 4.64. The maximum absolute atomic E-state index is 4.64. The summed E-state index contributed by atoms with van der Waals surface area (Å²) in [6, 6.07) is 19.2. The SMILES string of the molecule is Cc1cccc2c1cc(-c1ccccc1)n1c(C)cnc21. The van der Waals surface area contributed by atoms with Crippen molar-refractivity contribution in [3.8, 4) is 11.3 Å². The lowest BCUT2D eigenvalue weighted by atomic mass is 10.0. The molecule has 0 amide bonds. The summed E-state index contributed by atoms with van der Waals surface area (Å²) in [5, 5.41) is 2.48. The molecule has 2 heterocycles. The molecule has 102 valence electrons. The minimum atomic E-state index is 1.03. The van der Waals surface area contributed by atoms with Gasteiger partial charge in [0.25, 0.3) is 0 Å². The largest absolute Gasteiger partial charge is 0.296 e. The van der Waals surface area contributed by atoms with Gasteiger partial charge in [-0.15, -0.1) is 0 Å². The molecule has 0 saturated heterocycles. The molecule has 21 heavy (non-hydrogen) atoms. The van der Waals surface area contributed by atoms with E-state index in [1.54, 1.807) is 0 Å². The molecule has 0 saturated carbocycles. The molecule has 0 spiro atoms. The second kappa shape index (κ2) is 4.45. The number of pyridine rings is 1. The minimum Gasteiger partial charge on any atom is -0.296 e. The van der Waals surface area contributed by atoms with Gasteiger partial charge >= 0.3 is 0 Å². The maximum atomic E-state index is 4.64. The molecular formula is C19H16N2. The summed E-state index contributed by atoms with van der Waals surface area (Å²) < 4.78 is 2.25. The molecule has 0 aliphatic rings. The average molecular weight is 272 g/mol. The standard InChI is InChI=1S/C19H16N2/c1-13-7-6-10-16-17(13)11-18(15-8-4-3-5-9-15)21-14(2)12-20-19(16)21/h3-12H,1-2H3. The van der Waals surface area contributed by atoms with E-state index in [4.69, 9.17) is 0 Å². The number of rotatable bonds is 1. The molecule has 4 aromatic rings. The third-order valence-electron chi connectivity index (χ3n) is 4.09. The smallest absolute Gasteiger partial charge is 0.145 e. The van der Waals surface area contributed by atoms with E-state index in [2.05, 4.69) is 71.8 Å². The predicted molar refractivity (Wildman–Crippen MR) is 87.6 cm³/mol. The van der Waals surface area contributed by atoms with Crippen molar-refractivity contribution in [1.82, 2.24) is 9.38 Å². The number of aryl methyl sites for hydroxylation is 2. The van der Waals surface area contributed by atoms with E-state index in [0.717, 1.165) is 11.3 Å². The van der Waals surface area contributed by atoms with Gasteiger partial charge in [-0.05, 0) is 36.4 Å². The maximum Gasteiger partial charge on any atom is 0.145 e. The van der Waals surface area contributed by atoms with Crippen molar-refractivity contribution in [2.24, 2.45) is 0 Å². The topological polar surface area (TPSA) is 17.3 Å². The van der Waals surface area contributed by atoms with Gasteiger partial charge in [0.15, 0.2) is 0 Å². The molecule has 0 atom stereocenters. The van der Waals surface area contributed by atoms with Crippen LogP contribution in [-0.2, 0) is 0 Å². The van der Waals surface area contributed by atoms with Gasteiger partial charge in [0.1, 0.15) is 5.65 Å². The third-order valence-corrected chi connectivity index (χ3v) is 4.09. The monoisotopic (exact) mass is 272 g/mol. The lowest BCUT2D eigenvalue weighted by Gasteiger charge is -2.12. The molecule has 0 radical (unpaired) electrons. The molecule has 0 unspecified atom stereocenters. The fraction of sp³-hybridized carbons (Fsp3) is 0.105. The Labute approximate surface area is 123 Å². The minimum absolute atomic E-state index is 1.03. The van der Waals surface area contributed by atoms with Crippen molar-refractivity contribution in [2.45, 2.75) is 13.8 Å². The summed E-state index contributed by atoms with van der Waals surface area (Å²) >= 11 is 0. The van der Waals surface area contributed by atoms with Crippen molar-refractivity contribution < 1.29 is 0 Å². The zero-order valence-electron chi connectivity index (χ0n) is 12.2. The second-order valence-electron chi connectivity index (χ2n) is 5.49.